The Kier molecular flexibility index (Phi) is 6.54. The Morgan fingerprint density at radius 2 is 2.07 bits per heavy atom. The second kappa shape index (κ2) is 8.92. The molecule has 0 saturated heterocycles. The molecule has 0 fully saturated rings. The maximum absolute atomic E-state index is 12.8. The van der Waals surface area contributed by atoms with Crippen LogP contribution in [0.1, 0.15) is 18.9 Å². The maximum Gasteiger partial charge on any atom is 0.261 e. The SMILES string of the molecule is CCOc1ccccc1CNC(=O)[C@@H]1CCN(S(C)(=O)=O)c2cc(Cl)ccc2O1. The first-order valence-corrected chi connectivity index (χ1v) is 11.4. The summed E-state index contributed by atoms with van der Waals surface area (Å²) in [6, 6.07) is 12.2. The minimum absolute atomic E-state index is 0.111. The molecular weight excluding hydrogens is 416 g/mol. The lowest BCUT2D eigenvalue weighted by Gasteiger charge is -2.21. The number of amides is 1. The molecule has 9 heteroatoms. The van der Waals surface area contributed by atoms with Crippen molar-refractivity contribution in [3.05, 3.63) is 53.1 Å². The van der Waals surface area contributed by atoms with Crippen LogP contribution in [0, 0.1) is 0 Å². The molecule has 0 spiro atoms. The van der Waals surface area contributed by atoms with E-state index in [1.165, 1.54) is 10.4 Å². The van der Waals surface area contributed by atoms with Crippen LogP contribution in [0.5, 0.6) is 11.5 Å². The summed E-state index contributed by atoms with van der Waals surface area (Å²) in [6.07, 6.45) is 0.488. The fourth-order valence-corrected chi connectivity index (χ4v) is 4.23. The van der Waals surface area contributed by atoms with Crippen LogP contribution in [0.4, 0.5) is 5.69 Å². The third kappa shape index (κ3) is 5.13. The van der Waals surface area contributed by atoms with Crippen LogP contribution in [0.15, 0.2) is 42.5 Å². The van der Waals surface area contributed by atoms with Gasteiger partial charge in [-0.1, -0.05) is 29.8 Å². The highest BCUT2D eigenvalue weighted by atomic mass is 35.5. The topological polar surface area (TPSA) is 84.9 Å². The number of carbonyl (C=O) groups excluding carboxylic acids is 1. The van der Waals surface area contributed by atoms with E-state index in [0.717, 1.165) is 11.8 Å². The number of benzene rings is 2. The number of ether oxygens (including phenoxy) is 2. The van der Waals surface area contributed by atoms with Crippen LogP contribution in [0.2, 0.25) is 5.02 Å². The van der Waals surface area contributed by atoms with Crippen molar-refractivity contribution < 1.29 is 22.7 Å². The van der Waals surface area contributed by atoms with E-state index in [9.17, 15) is 13.2 Å². The molecule has 2 aromatic carbocycles. The average Bonchev–Trinajstić information content (AvgIpc) is 2.86. The van der Waals surface area contributed by atoms with Crippen molar-refractivity contribution >= 4 is 33.2 Å². The molecule has 1 atom stereocenters. The molecule has 1 heterocycles. The number of halogens is 1. The Hall–Kier alpha value is -2.45. The highest BCUT2D eigenvalue weighted by molar-refractivity contribution is 7.92. The number of fused-ring (bicyclic) bond motifs is 1. The number of nitrogens with zero attached hydrogens (tertiary/aromatic N) is 1. The molecule has 0 unspecified atom stereocenters. The summed E-state index contributed by atoms with van der Waals surface area (Å²) in [5.41, 5.74) is 1.18. The Morgan fingerprint density at radius 1 is 1.31 bits per heavy atom. The summed E-state index contributed by atoms with van der Waals surface area (Å²) in [4.78, 5) is 12.8. The van der Waals surface area contributed by atoms with Gasteiger partial charge in [-0.15, -0.1) is 0 Å². The van der Waals surface area contributed by atoms with Gasteiger partial charge in [0.1, 0.15) is 11.5 Å². The molecule has 3 rings (SSSR count). The predicted octanol–water partition coefficient (Wildman–Crippen LogP) is 2.97. The lowest BCUT2D eigenvalue weighted by atomic mass is 10.2. The van der Waals surface area contributed by atoms with Crippen LogP contribution in [0.25, 0.3) is 0 Å². The summed E-state index contributed by atoms with van der Waals surface area (Å²) < 4.78 is 37.1. The largest absolute Gasteiger partial charge is 0.494 e. The molecule has 1 aliphatic heterocycles. The van der Waals surface area contributed by atoms with Gasteiger partial charge in [0, 0.05) is 30.1 Å². The van der Waals surface area contributed by atoms with E-state index in [0.29, 0.717) is 28.8 Å². The molecule has 0 bridgehead atoms. The van der Waals surface area contributed by atoms with Gasteiger partial charge in [0.25, 0.3) is 5.91 Å². The highest BCUT2D eigenvalue weighted by Crippen LogP contribution is 2.36. The van der Waals surface area contributed by atoms with Gasteiger partial charge in [-0.3, -0.25) is 9.10 Å². The first-order valence-electron chi connectivity index (χ1n) is 9.22. The molecule has 0 radical (unpaired) electrons. The molecule has 0 aromatic heterocycles. The van der Waals surface area contributed by atoms with E-state index in [1.807, 2.05) is 31.2 Å². The third-order valence-electron chi connectivity index (χ3n) is 4.47. The van der Waals surface area contributed by atoms with Gasteiger partial charge in [-0.2, -0.15) is 0 Å². The molecule has 2 aromatic rings. The average molecular weight is 439 g/mol. The van der Waals surface area contributed by atoms with Gasteiger partial charge in [-0.05, 0) is 31.2 Å². The molecule has 1 aliphatic rings. The van der Waals surface area contributed by atoms with Gasteiger partial charge in [0.2, 0.25) is 10.0 Å². The smallest absolute Gasteiger partial charge is 0.261 e. The van der Waals surface area contributed by atoms with E-state index >= 15 is 0 Å². The van der Waals surface area contributed by atoms with Crippen molar-refractivity contribution in [3.8, 4) is 11.5 Å². The molecule has 156 valence electrons. The quantitative estimate of drug-likeness (QED) is 0.749. The van der Waals surface area contributed by atoms with E-state index in [4.69, 9.17) is 21.1 Å². The van der Waals surface area contributed by atoms with Gasteiger partial charge in [0.05, 0.1) is 18.6 Å². The number of rotatable bonds is 6. The van der Waals surface area contributed by atoms with Crippen LogP contribution in [0.3, 0.4) is 0 Å². The van der Waals surface area contributed by atoms with Crippen LogP contribution in [-0.4, -0.2) is 39.8 Å². The Morgan fingerprint density at radius 3 is 2.79 bits per heavy atom. The molecule has 7 nitrogen and oxygen atoms in total. The zero-order valence-electron chi connectivity index (χ0n) is 16.2. The number of anilines is 1. The van der Waals surface area contributed by atoms with E-state index in [2.05, 4.69) is 5.32 Å². The highest BCUT2D eigenvalue weighted by Gasteiger charge is 2.31. The van der Waals surface area contributed by atoms with E-state index in [1.54, 1.807) is 12.1 Å². The fourth-order valence-electron chi connectivity index (χ4n) is 3.12. The first-order chi connectivity index (χ1) is 13.8. The van der Waals surface area contributed by atoms with Gasteiger partial charge in [-0.25, -0.2) is 8.42 Å². The number of nitrogens with one attached hydrogen (secondary N) is 1. The van der Waals surface area contributed by atoms with E-state index in [-0.39, 0.29) is 25.4 Å². The number of sulfonamides is 1. The number of carbonyl (C=O) groups is 1. The lowest BCUT2D eigenvalue weighted by molar-refractivity contribution is -0.128. The third-order valence-corrected chi connectivity index (χ3v) is 5.89. The molecule has 0 aliphatic carbocycles. The second-order valence-electron chi connectivity index (χ2n) is 6.60. The fraction of sp³-hybridized carbons (Fsp3) is 0.350. The minimum Gasteiger partial charge on any atom is -0.494 e. The number of para-hydroxylation sites is 1. The van der Waals surface area contributed by atoms with Crippen molar-refractivity contribution in [1.82, 2.24) is 5.32 Å². The lowest BCUT2D eigenvalue weighted by Crippen LogP contribution is -2.39. The Labute approximate surface area is 175 Å². The van der Waals surface area contributed by atoms with E-state index < -0.39 is 16.1 Å². The molecule has 29 heavy (non-hydrogen) atoms. The van der Waals surface area contributed by atoms with Crippen LogP contribution in [-0.2, 0) is 21.4 Å². The minimum atomic E-state index is -3.55. The number of hydrogen-bond donors (Lipinski definition) is 1. The monoisotopic (exact) mass is 438 g/mol. The Balaban J connectivity index is 1.77. The molecule has 0 saturated carbocycles. The van der Waals surface area contributed by atoms with Crippen LogP contribution < -0.4 is 19.1 Å². The second-order valence-corrected chi connectivity index (χ2v) is 8.94. The normalized spacial score (nSPS) is 16.4. The summed E-state index contributed by atoms with van der Waals surface area (Å²) >= 11 is 6.03. The van der Waals surface area contributed by atoms with Crippen molar-refractivity contribution in [2.24, 2.45) is 0 Å². The first kappa shape index (κ1) is 21.3. The predicted molar refractivity (Wildman–Crippen MR) is 112 cm³/mol. The van der Waals surface area contributed by atoms with Crippen molar-refractivity contribution in [2.75, 3.05) is 23.7 Å². The van der Waals surface area contributed by atoms with Crippen molar-refractivity contribution in [2.45, 2.75) is 26.0 Å². The molecule has 1 amide bonds. The summed E-state index contributed by atoms with van der Waals surface area (Å²) in [5, 5.41) is 3.24. The zero-order chi connectivity index (χ0) is 21.0. The molecule has 1 N–H and O–H groups in total. The molecular formula is C20H23ClN2O5S. The summed E-state index contributed by atoms with van der Waals surface area (Å²) in [5.74, 6) is 0.681. The van der Waals surface area contributed by atoms with Crippen molar-refractivity contribution in [3.63, 3.8) is 0 Å². The van der Waals surface area contributed by atoms with Crippen LogP contribution >= 0.6 is 11.6 Å². The zero-order valence-corrected chi connectivity index (χ0v) is 17.8. The maximum atomic E-state index is 12.8. The van der Waals surface area contributed by atoms with Gasteiger partial charge >= 0.3 is 0 Å². The summed E-state index contributed by atoms with van der Waals surface area (Å²) in [7, 11) is -3.55. The Bertz CT molecular complexity index is 996. The van der Waals surface area contributed by atoms with Gasteiger partial charge in [0.15, 0.2) is 6.10 Å². The summed E-state index contributed by atoms with van der Waals surface area (Å²) in [6.45, 7) is 2.81. The van der Waals surface area contributed by atoms with Gasteiger partial charge < -0.3 is 14.8 Å². The number of hydrogen-bond acceptors (Lipinski definition) is 5. The standard InChI is InChI=1S/C20H23ClN2O5S/c1-3-27-17-7-5-4-6-14(17)13-22-20(24)19-10-11-23(29(2,25)26)16-12-15(21)8-9-18(16)28-19/h4-9,12,19H,3,10-11,13H2,1-2H3,(H,22,24)/t19-/m0/s1. The van der Waals surface area contributed by atoms with Crippen molar-refractivity contribution in [1.29, 1.82) is 0 Å².